The smallest absolute Gasteiger partial charge is 0.272 e. The third kappa shape index (κ3) is 8.02. The van der Waals surface area contributed by atoms with Crippen LogP contribution >= 0.6 is 34.8 Å². The second-order valence-corrected chi connectivity index (χ2v) is 13.0. The highest BCUT2D eigenvalue weighted by molar-refractivity contribution is 6.76. The summed E-state index contributed by atoms with van der Waals surface area (Å²) in [7, 11) is 0. The van der Waals surface area contributed by atoms with E-state index in [1.807, 2.05) is 72.8 Å². The van der Waals surface area contributed by atoms with Gasteiger partial charge in [0.1, 0.15) is 0 Å². The van der Waals surface area contributed by atoms with Gasteiger partial charge in [-0.05, 0) is 53.7 Å². The van der Waals surface area contributed by atoms with Crippen LogP contribution in [0.3, 0.4) is 0 Å². The first kappa shape index (κ1) is 30.3. The lowest BCUT2D eigenvalue weighted by Gasteiger charge is -2.39. The van der Waals surface area contributed by atoms with Crippen molar-refractivity contribution in [1.82, 2.24) is 10.2 Å². The largest absolute Gasteiger partial charge is 0.392 e. The third-order valence-corrected chi connectivity index (χ3v) is 8.25. The molecule has 5 rings (SSSR count). The highest BCUT2D eigenvalue weighted by atomic mass is 35.6. The van der Waals surface area contributed by atoms with Crippen LogP contribution in [0.25, 0.3) is 11.1 Å². The van der Waals surface area contributed by atoms with E-state index in [0.29, 0.717) is 0 Å². The maximum atomic E-state index is 12.1. The zero-order chi connectivity index (χ0) is 28.8. The van der Waals surface area contributed by atoms with Crippen molar-refractivity contribution in [2.45, 2.75) is 61.1 Å². The molecule has 2 fully saturated rings. The number of carbonyl (C=O) groups excluding carboxylic acids is 1. The Bertz CT molecular complexity index is 1290. The molecule has 0 aromatic heterocycles. The first-order chi connectivity index (χ1) is 19.8. The monoisotopic (exact) mass is 616 g/mol. The Hall–Kier alpha value is -2.16. The molecule has 1 amide bonds. The Kier molecular flexibility index (Phi) is 10.3. The molecule has 2 aliphatic heterocycles. The Morgan fingerprint density at radius 1 is 0.902 bits per heavy atom. The lowest BCUT2D eigenvalue weighted by molar-refractivity contribution is -0.253. The van der Waals surface area contributed by atoms with E-state index in [0.717, 1.165) is 59.4 Å². The van der Waals surface area contributed by atoms with Gasteiger partial charge in [-0.3, -0.25) is 4.79 Å². The van der Waals surface area contributed by atoms with Crippen LogP contribution in [0, 0.1) is 0 Å². The molecule has 2 aliphatic rings. The van der Waals surface area contributed by atoms with Crippen molar-refractivity contribution in [3.8, 4) is 11.1 Å². The topological polar surface area (TPSA) is 71.0 Å². The SMILES string of the molecule is O=C(NCc1ccccc1-c1ccc([C@@H]2O[C@H](CN3CCCCC3)C[C@H](c3ccc(CO)cc3)O2)cc1)C(Cl)(Cl)Cl. The van der Waals surface area contributed by atoms with Crippen LogP contribution in [0.1, 0.15) is 60.3 Å². The molecule has 0 radical (unpaired) electrons. The minimum atomic E-state index is -2.01. The Morgan fingerprint density at radius 2 is 1.59 bits per heavy atom. The lowest BCUT2D eigenvalue weighted by atomic mass is 9.97. The van der Waals surface area contributed by atoms with Crippen molar-refractivity contribution in [3.05, 3.63) is 95.1 Å². The quantitative estimate of drug-likeness (QED) is 0.270. The van der Waals surface area contributed by atoms with Gasteiger partial charge in [-0.25, -0.2) is 0 Å². The van der Waals surface area contributed by atoms with E-state index in [-0.39, 0.29) is 25.4 Å². The summed E-state index contributed by atoms with van der Waals surface area (Å²) in [6, 6.07) is 23.9. The Labute approximate surface area is 256 Å². The molecule has 218 valence electrons. The van der Waals surface area contributed by atoms with Gasteiger partial charge in [0.15, 0.2) is 6.29 Å². The lowest BCUT2D eigenvalue weighted by Crippen LogP contribution is -2.41. The molecule has 2 N–H and O–H groups in total. The molecule has 2 saturated heterocycles. The molecule has 0 aliphatic carbocycles. The number of hydrogen-bond acceptors (Lipinski definition) is 5. The van der Waals surface area contributed by atoms with Crippen molar-refractivity contribution in [1.29, 1.82) is 0 Å². The van der Waals surface area contributed by atoms with Crippen molar-refractivity contribution in [2.75, 3.05) is 19.6 Å². The normalized spacial score (nSPS) is 21.9. The van der Waals surface area contributed by atoms with Gasteiger partial charge in [0.2, 0.25) is 0 Å². The van der Waals surface area contributed by atoms with Gasteiger partial charge in [-0.1, -0.05) is 114 Å². The number of ether oxygens (including phenoxy) is 2. The van der Waals surface area contributed by atoms with Crippen LogP contribution in [0.4, 0.5) is 0 Å². The third-order valence-electron chi connectivity index (χ3n) is 7.73. The van der Waals surface area contributed by atoms with Gasteiger partial charge < -0.3 is 24.8 Å². The van der Waals surface area contributed by atoms with Crippen molar-refractivity contribution in [3.63, 3.8) is 0 Å². The first-order valence-corrected chi connectivity index (χ1v) is 15.2. The predicted molar refractivity (Wildman–Crippen MR) is 163 cm³/mol. The second kappa shape index (κ2) is 13.9. The van der Waals surface area contributed by atoms with E-state index in [1.165, 1.54) is 19.3 Å². The van der Waals surface area contributed by atoms with Gasteiger partial charge in [-0.2, -0.15) is 0 Å². The Balaban J connectivity index is 1.34. The minimum absolute atomic E-state index is 0.0177. The zero-order valence-corrected chi connectivity index (χ0v) is 25.0. The standard InChI is InChI=1S/C32H35Cl3N2O4/c33-32(34,35)31(39)36-19-26-6-2-3-7-28(26)23-12-14-25(15-13-23)30-40-27(20-37-16-4-1-5-17-37)18-29(41-30)24-10-8-22(21-38)9-11-24/h2-3,6-15,27,29-30,38H,1,4-5,16-21H2,(H,36,39)/t27-,29+,30+/m0/s1. The van der Waals surface area contributed by atoms with Crippen molar-refractivity contribution in [2.24, 2.45) is 0 Å². The fourth-order valence-electron chi connectivity index (χ4n) is 5.51. The van der Waals surface area contributed by atoms with E-state index in [4.69, 9.17) is 44.3 Å². The number of nitrogens with zero attached hydrogens (tertiary/aromatic N) is 1. The summed E-state index contributed by atoms with van der Waals surface area (Å²) < 4.78 is 11.1. The summed E-state index contributed by atoms with van der Waals surface area (Å²) in [6.45, 7) is 3.35. The van der Waals surface area contributed by atoms with Crippen LogP contribution in [-0.4, -0.2) is 45.4 Å². The molecule has 0 spiro atoms. The predicted octanol–water partition coefficient (Wildman–Crippen LogP) is 6.86. The molecule has 6 nitrogen and oxygen atoms in total. The maximum Gasteiger partial charge on any atom is 0.272 e. The summed E-state index contributed by atoms with van der Waals surface area (Å²) in [4.78, 5) is 14.6. The van der Waals surface area contributed by atoms with E-state index in [2.05, 4.69) is 10.2 Å². The fraction of sp³-hybridized carbons (Fsp3) is 0.406. The van der Waals surface area contributed by atoms with Crippen LogP contribution in [-0.2, 0) is 27.4 Å². The molecule has 2 heterocycles. The summed E-state index contributed by atoms with van der Waals surface area (Å²) >= 11 is 17.1. The fourth-order valence-corrected chi connectivity index (χ4v) is 5.72. The second-order valence-electron chi connectivity index (χ2n) is 10.7. The molecule has 0 unspecified atom stereocenters. The number of alkyl halides is 3. The molecular formula is C32H35Cl3N2O4. The minimum Gasteiger partial charge on any atom is -0.392 e. The molecule has 9 heteroatoms. The van der Waals surface area contributed by atoms with Crippen LogP contribution < -0.4 is 5.32 Å². The Morgan fingerprint density at radius 3 is 2.27 bits per heavy atom. The molecular weight excluding hydrogens is 583 g/mol. The van der Waals surface area contributed by atoms with E-state index < -0.39 is 16.0 Å². The van der Waals surface area contributed by atoms with Gasteiger partial charge in [-0.15, -0.1) is 0 Å². The summed E-state index contributed by atoms with van der Waals surface area (Å²) in [5, 5.41) is 12.2. The number of likely N-dealkylation sites (tertiary alicyclic amines) is 1. The van der Waals surface area contributed by atoms with Gasteiger partial charge >= 0.3 is 0 Å². The number of carbonyl (C=O) groups is 1. The number of benzene rings is 3. The van der Waals surface area contributed by atoms with Crippen molar-refractivity contribution >= 4 is 40.7 Å². The molecule has 41 heavy (non-hydrogen) atoms. The van der Waals surface area contributed by atoms with E-state index in [9.17, 15) is 9.90 Å². The van der Waals surface area contributed by atoms with Crippen LogP contribution in [0.5, 0.6) is 0 Å². The molecule has 3 aromatic rings. The number of halogens is 3. The number of aliphatic hydroxyl groups excluding tert-OH is 1. The number of amides is 1. The van der Waals surface area contributed by atoms with E-state index in [1.54, 1.807) is 0 Å². The average molecular weight is 618 g/mol. The molecule has 0 saturated carbocycles. The van der Waals surface area contributed by atoms with Gasteiger partial charge in [0.05, 0.1) is 18.8 Å². The summed E-state index contributed by atoms with van der Waals surface area (Å²) in [5.74, 6) is -0.668. The number of hydrogen-bond donors (Lipinski definition) is 2. The van der Waals surface area contributed by atoms with Gasteiger partial charge in [0.25, 0.3) is 9.70 Å². The summed E-state index contributed by atoms with van der Waals surface area (Å²) in [5.41, 5.74) is 5.77. The summed E-state index contributed by atoms with van der Waals surface area (Å²) in [6.07, 6.45) is 3.95. The average Bonchev–Trinajstić information content (AvgIpc) is 3.00. The van der Waals surface area contributed by atoms with Crippen LogP contribution in [0.15, 0.2) is 72.8 Å². The zero-order valence-electron chi connectivity index (χ0n) is 22.8. The number of rotatable bonds is 8. The molecule has 3 aromatic carbocycles. The number of nitrogens with one attached hydrogen (secondary N) is 1. The van der Waals surface area contributed by atoms with E-state index >= 15 is 0 Å². The highest BCUT2D eigenvalue weighted by Crippen LogP contribution is 2.39. The highest BCUT2D eigenvalue weighted by Gasteiger charge is 2.33. The number of aliphatic hydroxyl groups is 1. The van der Waals surface area contributed by atoms with Crippen molar-refractivity contribution < 1.29 is 19.4 Å². The molecule has 3 atom stereocenters. The number of piperidine rings is 1. The molecule has 0 bridgehead atoms. The van der Waals surface area contributed by atoms with Crippen LogP contribution in [0.2, 0.25) is 0 Å². The maximum absolute atomic E-state index is 12.1. The first-order valence-electron chi connectivity index (χ1n) is 14.1. The van der Waals surface area contributed by atoms with Gasteiger partial charge in [0, 0.05) is 25.1 Å².